The lowest BCUT2D eigenvalue weighted by molar-refractivity contribution is 0.0736. The predicted octanol–water partition coefficient (Wildman–Crippen LogP) is 1.60. The van der Waals surface area contributed by atoms with E-state index < -0.39 is 10.0 Å². The smallest absolute Gasteiger partial charge is 0.257 e. The number of benzene rings is 1. The first kappa shape index (κ1) is 17.5. The van der Waals surface area contributed by atoms with Crippen LogP contribution < -0.4 is 9.88 Å². The molecule has 6 nitrogen and oxygen atoms in total. The van der Waals surface area contributed by atoms with E-state index in [0.717, 1.165) is 6.42 Å². The number of sulfonamides is 1. The van der Waals surface area contributed by atoms with Gasteiger partial charge in [0.05, 0.1) is 17.1 Å². The number of hydrogen-bond acceptors (Lipinski definition) is 4. The van der Waals surface area contributed by atoms with Crippen LogP contribution in [0.2, 0.25) is 0 Å². The highest BCUT2D eigenvalue weighted by Crippen LogP contribution is 2.24. The number of nitrogens with zero attached hydrogens (tertiary/aromatic N) is 1. The number of carbonyl (C=O) groups excluding carboxylic acids is 1. The van der Waals surface area contributed by atoms with Crippen molar-refractivity contribution in [2.24, 2.45) is 5.14 Å². The lowest BCUT2D eigenvalue weighted by Crippen LogP contribution is -2.35. The first-order valence-corrected chi connectivity index (χ1v) is 8.33. The Kier molecular flexibility index (Phi) is 5.74. The van der Waals surface area contributed by atoms with Crippen LogP contribution in [0.25, 0.3) is 0 Å². The van der Waals surface area contributed by atoms with E-state index in [-0.39, 0.29) is 22.4 Å². The van der Waals surface area contributed by atoms with Crippen molar-refractivity contribution < 1.29 is 17.9 Å². The minimum Gasteiger partial charge on any atom is -0.493 e. The third-order valence-corrected chi connectivity index (χ3v) is 4.29. The van der Waals surface area contributed by atoms with Gasteiger partial charge < -0.3 is 9.64 Å². The van der Waals surface area contributed by atoms with Crippen LogP contribution in [0.15, 0.2) is 23.1 Å². The molecule has 1 aromatic rings. The van der Waals surface area contributed by atoms with E-state index in [9.17, 15) is 13.2 Å². The average Bonchev–Trinajstić information content (AvgIpc) is 2.44. The molecule has 0 fully saturated rings. The molecule has 0 aliphatic rings. The molecular formula is C14H22N2O4S. The van der Waals surface area contributed by atoms with Crippen molar-refractivity contribution in [3.05, 3.63) is 23.8 Å². The van der Waals surface area contributed by atoms with Crippen molar-refractivity contribution in [3.8, 4) is 5.75 Å². The lowest BCUT2D eigenvalue weighted by atomic mass is 10.1. The molecule has 1 unspecified atom stereocenters. The van der Waals surface area contributed by atoms with Crippen molar-refractivity contribution in [2.45, 2.75) is 38.1 Å². The molecule has 21 heavy (non-hydrogen) atoms. The second-order valence-corrected chi connectivity index (χ2v) is 6.37. The van der Waals surface area contributed by atoms with Crippen molar-refractivity contribution in [1.29, 1.82) is 0 Å². The molecule has 2 N–H and O–H groups in total. The average molecular weight is 314 g/mol. The number of amides is 1. The standard InChI is InChI=1S/C14H22N2O4S/c1-5-10(3)16(4)14(17)12-9-11(21(15,18)19)7-8-13(12)20-6-2/h7-10H,5-6H2,1-4H3,(H2,15,18,19). The zero-order valence-corrected chi connectivity index (χ0v) is 13.6. The largest absolute Gasteiger partial charge is 0.493 e. The Hall–Kier alpha value is -1.60. The second kappa shape index (κ2) is 6.91. The van der Waals surface area contributed by atoms with Gasteiger partial charge in [-0.2, -0.15) is 0 Å². The Bertz CT molecular complexity index is 613. The van der Waals surface area contributed by atoms with E-state index in [1.165, 1.54) is 18.2 Å². The summed E-state index contributed by atoms with van der Waals surface area (Å²) in [4.78, 5) is 14.0. The highest BCUT2D eigenvalue weighted by atomic mass is 32.2. The number of primary sulfonamides is 1. The molecule has 0 saturated heterocycles. The second-order valence-electron chi connectivity index (χ2n) is 4.81. The summed E-state index contributed by atoms with van der Waals surface area (Å²) in [6.07, 6.45) is 0.793. The quantitative estimate of drug-likeness (QED) is 0.863. The zero-order valence-electron chi connectivity index (χ0n) is 12.8. The Morgan fingerprint density at radius 2 is 2.00 bits per heavy atom. The van der Waals surface area contributed by atoms with Crippen LogP contribution in [0.3, 0.4) is 0 Å². The van der Waals surface area contributed by atoms with E-state index in [1.54, 1.807) is 18.9 Å². The number of carbonyl (C=O) groups is 1. The van der Waals surface area contributed by atoms with Gasteiger partial charge in [-0.15, -0.1) is 0 Å². The third kappa shape index (κ3) is 4.18. The molecule has 0 heterocycles. The Morgan fingerprint density at radius 1 is 1.38 bits per heavy atom. The van der Waals surface area contributed by atoms with Crippen LogP contribution in [0.1, 0.15) is 37.6 Å². The first-order valence-electron chi connectivity index (χ1n) is 6.79. The fourth-order valence-corrected chi connectivity index (χ4v) is 2.34. The van der Waals surface area contributed by atoms with Crippen LogP contribution in [0.5, 0.6) is 5.75 Å². The summed E-state index contributed by atoms with van der Waals surface area (Å²) in [5, 5.41) is 5.12. The molecule has 0 radical (unpaired) electrons. The van der Waals surface area contributed by atoms with Crippen molar-refractivity contribution >= 4 is 15.9 Å². The van der Waals surface area contributed by atoms with Gasteiger partial charge >= 0.3 is 0 Å². The van der Waals surface area contributed by atoms with E-state index in [1.807, 2.05) is 13.8 Å². The van der Waals surface area contributed by atoms with Crippen LogP contribution in [-0.4, -0.2) is 38.9 Å². The van der Waals surface area contributed by atoms with E-state index in [2.05, 4.69) is 0 Å². The Balaban J connectivity index is 3.32. The monoisotopic (exact) mass is 314 g/mol. The lowest BCUT2D eigenvalue weighted by Gasteiger charge is -2.25. The molecule has 7 heteroatoms. The third-order valence-electron chi connectivity index (χ3n) is 3.38. The summed E-state index contributed by atoms with van der Waals surface area (Å²) in [7, 11) is -2.19. The number of hydrogen-bond donors (Lipinski definition) is 1. The first-order chi connectivity index (χ1) is 9.72. The minimum atomic E-state index is -3.87. The molecule has 0 saturated carbocycles. The van der Waals surface area contributed by atoms with E-state index in [0.29, 0.717) is 12.4 Å². The molecule has 1 aromatic carbocycles. The Morgan fingerprint density at radius 3 is 2.48 bits per heavy atom. The minimum absolute atomic E-state index is 0.0325. The van der Waals surface area contributed by atoms with Crippen LogP contribution in [0, 0.1) is 0 Å². The molecular weight excluding hydrogens is 292 g/mol. The molecule has 0 aliphatic carbocycles. The maximum atomic E-state index is 12.5. The highest BCUT2D eigenvalue weighted by molar-refractivity contribution is 7.89. The summed E-state index contributed by atoms with van der Waals surface area (Å²) in [5.74, 6) is 0.0587. The van der Waals surface area contributed by atoms with Crippen LogP contribution >= 0.6 is 0 Å². The van der Waals surface area contributed by atoms with Crippen molar-refractivity contribution in [2.75, 3.05) is 13.7 Å². The van der Waals surface area contributed by atoms with Gasteiger partial charge in [0.1, 0.15) is 5.75 Å². The van der Waals surface area contributed by atoms with Gasteiger partial charge in [0.15, 0.2) is 0 Å². The fraction of sp³-hybridized carbons (Fsp3) is 0.500. The number of ether oxygens (including phenoxy) is 1. The molecule has 0 bridgehead atoms. The molecule has 1 rings (SSSR count). The SMILES string of the molecule is CCOc1ccc(S(N)(=O)=O)cc1C(=O)N(C)C(C)CC. The van der Waals surface area contributed by atoms with Gasteiger partial charge in [0, 0.05) is 13.1 Å². The summed E-state index contributed by atoms with van der Waals surface area (Å²) >= 11 is 0. The zero-order chi connectivity index (χ0) is 16.2. The molecule has 0 spiro atoms. The van der Waals surface area contributed by atoms with Gasteiger partial charge in [-0.05, 0) is 38.5 Å². The summed E-state index contributed by atoms with van der Waals surface area (Å²) < 4.78 is 28.3. The van der Waals surface area contributed by atoms with Crippen molar-refractivity contribution in [1.82, 2.24) is 4.90 Å². The van der Waals surface area contributed by atoms with Gasteiger partial charge in [0.2, 0.25) is 10.0 Å². The fourth-order valence-electron chi connectivity index (χ4n) is 1.80. The highest BCUT2D eigenvalue weighted by Gasteiger charge is 2.22. The van der Waals surface area contributed by atoms with E-state index >= 15 is 0 Å². The van der Waals surface area contributed by atoms with Gasteiger partial charge in [-0.1, -0.05) is 6.92 Å². The van der Waals surface area contributed by atoms with Gasteiger partial charge in [0.25, 0.3) is 5.91 Å². The predicted molar refractivity (Wildman–Crippen MR) is 80.8 cm³/mol. The van der Waals surface area contributed by atoms with Crippen LogP contribution in [-0.2, 0) is 10.0 Å². The molecule has 0 aliphatic heterocycles. The summed E-state index contributed by atoms with van der Waals surface area (Å²) in [5.41, 5.74) is 0.200. The molecule has 118 valence electrons. The normalized spacial score (nSPS) is 12.8. The molecule has 1 amide bonds. The Labute approximate surface area is 125 Å². The van der Waals surface area contributed by atoms with Crippen molar-refractivity contribution in [3.63, 3.8) is 0 Å². The number of nitrogens with two attached hydrogens (primary N) is 1. The topological polar surface area (TPSA) is 89.7 Å². The van der Waals surface area contributed by atoms with Gasteiger partial charge in [-0.25, -0.2) is 13.6 Å². The van der Waals surface area contributed by atoms with Gasteiger partial charge in [-0.3, -0.25) is 4.79 Å². The molecule has 0 aromatic heterocycles. The summed E-state index contributed by atoms with van der Waals surface area (Å²) in [6.45, 7) is 6.06. The number of rotatable bonds is 6. The molecule has 1 atom stereocenters. The van der Waals surface area contributed by atoms with Crippen LogP contribution in [0.4, 0.5) is 0 Å². The maximum absolute atomic E-state index is 12.5. The van der Waals surface area contributed by atoms with E-state index in [4.69, 9.17) is 9.88 Å². The maximum Gasteiger partial charge on any atom is 0.257 e. The summed E-state index contributed by atoms with van der Waals surface area (Å²) in [6, 6.07) is 4.09.